The third kappa shape index (κ3) is 5.35. The van der Waals surface area contributed by atoms with E-state index in [1.807, 2.05) is 19.9 Å². The Hall–Kier alpha value is -2.15. The van der Waals surface area contributed by atoms with Crippen LogP contribution in [0.5, 0.6) is 5.75 Å². The molecule has 3 aromatic rings. The van der Waals surface area contributed by atoms with Crippen molar-refractivity contribution < 1.29 is 19.1 Å². The molecule has 0 saturated heterocycles. The van der Waals surface area contributed by atoms with Gasteiger partial charge in [-0.3, -0.25) is 19.3 Å². The van der Waals surface area contributed by atoms with Crippen molar-refractivity contribution in [3.8, 4) is 5.75 Å². The summed E-state index contributed by atoms with van der Waals surface area (Å²) in [7, 11) is 0. The van der Waals surface area contributed by atoms with Gasteiger partial charge in [-0.1, -0.05) is 6.07 Å². The number of hydrogen-bond donors (Lipinski definition) is 1. The van der Waals surface area contributed by atoms with Gasteiger partial charge in [-0.25, -0.2) is 9.97 Å². The summed E-state index contributed by atoms with van der Waals surface area (Å²) in [5.74, 6) is -0.810. The zero-order valence-electron chi connectivity index (χ0n) is 18.3. The van der Waals surface area contributed by atoms with Crippen LogP contribution in [0.1, 0.15) is 38.5 Å². The molecule has 2 amide bonds. The van der Waals surface area contributed by atoms with Crippen molar-refractivity contribution in [2.45, 2.75) is 20.3 Å². The molecule has 35 heavy (non-hydrogen) atoms. The normalized spacial score (nSPS) is 12.7. The van der Waals surface area contributed by atoms with E-state index in [1.54, 1.807) is 24.3 Å². The second-order valence-electron chi connectivity index (χ2n) is 7.62. The fraction of sp³-hybridized carbons (Fsp3) is 0.174. The van der Waals surface area contributed by atoms with Gasteiger partial charge in [0.15, 0.2) is 0 Å². The zero-order valence-corrected chi connectivity index (χ0v) is 24.6. The van der Waals surface area contributed by atoms with Crippen LogP contribution in [-0.2, 0) is 4.79 Å². The van der Waals surface area contributed by atoms with Crippen molar-refractivity contribution in [1.82, 2.24) is 14.9 Å². The predicted molar refractivity (Wildman–Crippen MR) is 144 cm³/mol. The van der Waals surface area contributed by atoms with Crippen LogP contribution in [0.4, 0.5) is 11.6 Å². The highest BCUT2D eigenvalue weighted by Gasteiger charge is 2.41. The van der Waals surface area contributed by atoms with Gasteiger partial charge < -0.3 is 10.1 Å². The lowest BCUT2D eigenvalue weighted by Crippen LogP contribution is -2.32. The number of fused-ring (bicyclic) bond motifs is 1. The number of amides is 2. The third-order valence-electron chi connectivity index (χ3n) is 5.03. The molecule has 12 heteroatoms. The first-order valence-corrected chi connectivity index (χ1v) is 13.4. The lowest BCUT2D eigenvalue weighted by Gasteiger charge is -2.13. The van der Waals surface area contributed by atoms with Crippen LogP contribution in [0, 0.1) is 13.8 Å². The lowest BCUT2D eigenvalue weighted by atomic mass is 10.1. The number of carbonyl (C=O) groups excluding carboxylic acids is 3. The van der Waals surface area contributed by atoms with E-state index in [1.165, 1.54) is 0 Å². The number of carbonyl (C=O) groups is 3. The first-order chi connectivity index (χ1) is 16.6. The van der Waals surface area contributed by atoms with Crippen LogP contribution >= 0.6 is 63.7 Å². The molecule has 4 rings (SSSR count). The number of aryl methyl sites for hydroxylation is 2. The minimum atomic E-state index is -0.582. The van der Waals surface area contributed by atoms with E-state index in [4.69, 9.17) is 4.74 Å². The van der Waals surface area contributed by atoms with E-state index in [0.29, 0.717) is 35.3 Å². The second-order valence-corrected chi connectivity index (χ2v) is 10.8. The Morgan fingerprint density at radius 1 is 0.914 bits per heavy atom. The van der Waals surface area contributed by atoms with Crippen LogP contribution in [0.25, 0.3) is 0 Å². The molecule has 0 unspecified atom stereocenters. The molecule has 1 aliphatic rings. The molecule has 0 saturated carbocycles. The summed E-state index contributed by atoms with van der Waals surface area (Å²) in [5, 5.41) is 3.09. The van der Waals surface area contributed by atoms with Gasteiger partial charge in [0.2, 0.25) is 5.95 Å². The van der Waals surface area contributed by atoms with E-state index in [-0.39, 0.29) is 24.1 Å². The first-order valence-electron chi connectivity index (χ1n) is 10.2. The number of hydrogen-bond acceptors (Lipinski definition) is 7. The van der Waals surface area contributed by atoms with Gasteiger partial charge in [0.05, 0.1) is 17.5 Å². The summed E-state index contributed by atoms with van der Waals surface area (Å²) < 4.78 is 7.56. The van der Waals surface area contributed by atoms with E-state index in [0.717, 1.165) is 16.3 Å². The molecule has 0 radical (unpaired) electrons. The molecule has 0 atom stereocenters. The fourth-order valence-corrected chi connectivity index (χ4v) is 5.99. The van der Waals surface area contributed by atoms with Crippen LogP contribution < -0.4 is 10.1 Å². The highest BCUT2D eigenvalue weighted by Crippen LogP contribution is 2.45. The van der Waals surface area contributed by atoms with Crippen LogP contribution in [0.15, 0.2) is 48.2 Å². The van der Waals surface area contributed by atoms with E-state index in [2.05, 4.69) is 79.0 Å². The van der Waals surface area contributed by atoms with Crippen LogP contribution in [0.3, 0.4) is 0 Å². The minimum Gasteiger partial charge on any atom is -0.426 e. The smallest absolute Gasteiger partial charge is 0.313 e. The van der Waals surface area contributed by atoms with Crippen molar-refractivity contribution >= 4 is 93.1 Å². The molecular formula is C23H16Br4N4O4. The van der Waals surface area contributed by atoms with Gasteiger partial charge in [-0.2, -0.15) is 0 Å². The molecule has 8 nitrogen and oxygen atoms in total. The van der Waals surface area contributed by atoms with Gasteiger partial charge in [0, 0.05) is 47.6 Å². The van der Waals surface area contributed by atoms with Gasteiger partial charge >= 0.3 is 5.97 Å². The molecule has 0 bridgehead atoms. The summed E-state index contributed by atoms with van der Waals surface area (Å²) in [6.07, 6.45) is -0.166. The molecule has 2 heterocycles. The predicted octanol–water partition coefficient (Wildman–Crippen LogP) is 6.48. The van der Waals surface area contributed by atoms with Crippen molar-refractivity contribution in [3.05, 3.63) is 70.7 Å². The summed E-state index contributed by atoms with van der Waals surface area (Å²) >= 11 is 13.5. The fourth-order valence-electron chi connectivity index (χ4n) is 3.53. The highest BCUT2D eigenvalue weighted by molar-refractivity contribution is 9.15. The lowest BCUT2D eigenvalue weighted by molar-refractivity contribution is -0.134. The Kier molecular flexibility index (Phi) is 7.74. The number of aromatic nitrogens is 2. The van der Waals surface area contributed by atoms with Crippen LogP contribution in [0.2, 0.25) is 0 Å². The van der Waals surface area contributed by atoms with E-state index >= 15 is 0 Å². The quantitative estimate of drug-likeness (QED) is 0.102. The standard InChI is InChI=1S/C23H16Br4N4O4/c1-10-8-11(2)29-23(28-10)30-12-4-3-5-13(9-12)35-14(32)6-7-31-21(33)15-16(22(31)34)18(25)20(27)19(26)17(15)24/h3-5,8-9H,6-7H2,1-2H3,(H,28,29,30). The molecule has 0 spiro atoms. The molecule has 1 N–H and O–H groups in total. The number of nitrogens with zero attached hydrogens (tertiary/aromatic N) is 3. The molecule has 1 aliphatic heterocycles. The number of halogens is 4. The van der Waals surface area contributed by atoms with Gasteiger partial charge in [-0.05, 0) is 95.8 Å². The number of ether oxygens (including phenoxy) is 1. The van der Waals surface area contributed by atoms with E-state index in [9.17, 15) is 14.4 Å². The van der Waals surface area contributed by atoms with Crippen molar-refractivity contribution in [2.24, 2.45) is 0 Å². The number of esters is 1. The largest absolute Gasteiger partial charge is 0.426 e. The summed E-state index contributed by atoms with van der Waals surface area (Å²) in [5.41, 5.74) is 2.77. The topological polar surface area (TPSA) is 101 Å². The number of rotatable bonds is 6. The average molecular weight is 732 g/mol. The highest BCUT2D eigenvalue weighted by atomic mass is 79.9. The molecule has 2 aromatic carbocycles. The number of imide groups is 1. The number of nitrogens with one attached hydrogen (secondary N) is 1. The summed E-state index contributed by atoms with van der Waals surface area (Å²) in [4.78, 5) is 48.1. The Morgan fingerprint density at radius 3 is 2.06 bits per heavy atom. The molecule has 180 valence electrons. The Labute approximate surface area is 234 Å². The molecular weight excluding hydrogens is 716 g/mol. The van der Waals surface area contributed by atoms with Crippen molar-refractivity contribution in [3.63, 3.8) is 0 Å². The third-order valence-corrected chi connectivity index (χ3v) is 9.80. The average Bonchev–Trinajstić information content (AvgIpc) is 3.04. The zero-order chi connectivity index (χ0) is 25.4. The SMILES string of the molecule is Cc1cc(C)nc(Nc2cccc(OC(=O)CCN3C(=O)c4c(Br)c(Br)c(Br)c(Br)c4C3=O)c2)n1. The molecule has 0 fully saturated rings. The second kappa shape index (κ2) is 10.5. The maximum Gasteiger partial charge on any atom is 0.313 e. The maximum absolute atomic E-state index is 12.9. The summed E-state index contributed by atoms with van der Waals surface area (Å²) in [6, 6.07) is 8.67. The summed E-state index contributed by atoms with van der Waals surface area (Å²) in [6.45, 7) is 3.64. The maximum atomic E-state index is 12.9. The Morgan fingerprint density at radius 2 is 1.49 bits per heavy atom. The first kappa shape index (κ1) is 25.9. The monoisotopic (exact) mass is 728 g/mol. The van der Waals surface area contributed by atoms with Gasteiger partial charge in [0.1, 0.15) is 5.75 Å². The molecule has 1 aromatic heterocycles. The van der Waals surface area contributed by atoms with Crippen molar-refractivity contribution in [2.75, 3.05) is 11.9 Å². The minimum absolute atomic E-state index is 0.117. The number of anilines is 2. The molecule has 0 aliphatic carbocycles. The van der Waals surface area contributed by atoms with Crippen molar-refractivity contribution in [1.29, 1.82) is 0 Å². The van der Waals surface area contributed by atoms with Crippen LogP contribution in [-0.4, -0.2) is 39.2 Å². The number of benzene rings is 2. The Balaban J connectivity index is 1.42. The Bertz CT molecular complexity index is 1330. The van der Waals surface area contributed by atoms with Gasteiger partial charge in [-0.15, -0.1) is 0 Å². The van der Waals surface area contributed by atoms with Gasteiger partial charge in [0.25, 0.3) is 11.8 Å². The van der Waals surface area contributed by atoms with E-state index < -0.39 is 17.8 Å².